The van der Waals surface area contributed by atoms with Gasteiger partial charge in [0.1, 0.15) is 22.7 Å². The van der Waals surface area contributed by atoms with Gasteiger partial charge in [-0.2, -0.15) is 0 Å². The van der Waals surface area contributed by atoms with E-state index in [4.69, 9.17) is 9.72 Å². The van der Waals surface area contributed by atoms with Gasteiger partial charge in [-0.25, -0.2) is 4.98 Å². The summed E-state index contributed by atoms with van der Waals surface area (Å²) >= 11 is 0. The molecule has 1 aliphatic rings. The van der Waals surface area contributed by atoms with Gasteiger partial charge in [0.25, 0.3) is 0 Å². The van der Waals surface area contributed by atoms with Crippen LogP contribution in [-0.4, -0.2) is 20.3 Å². The lowest BCUT2D eigenvalue weighted by molar-refractivity contribution is 0.159. The lowest BCUT2D eigenvalue weighted by atomic mass is 9.98. The highest BCUT2D eigenvalue weighted by molar-refractivity contribution is 6.03. The molecule has 0 fully saturated rings. The van der Waals surface area contributed by atoms with Crippen LogP contribution < -0.4 is 10.2 Å². The fourth-order valence-corrected chi connectivity index (χ4v) is 3.84. The molecular weight excluding hydrogens is 340 g/mol. The number of hydrogen-bond donors (Lipinski definition) is 1. The Labute approximate surface area is 155 Å². The number of rotatable bonds is 0. The minimum Gasteiger partial charge on any atom is -0.507 e. The van der Waals surface area contributed by atoms with E-state index in [2.05, 4.69) is 0 Å². The van der Waals surface area contributed by atoms with Crippen LogP contribution in [0.1, 0.15) is 19.4 Å². The molecule has 2 aromatic heterocycles. The summed E-state index contributed by atoms with van der Waals surface area (Å²) in [5.74, 6) is 0.480. The molecule has 5 rings (SSSR count). The van der Waals surface area contributed by atoms with Crippen molar-refractivity contribution in [3.05, 3.63) is 58.3 Å². The number of fused-ring (bicyclic) bond motifs is 5. The molecule has 0 saturated heterocycles. The summed E-state index contributed by atoms with van der Waals surface area (Å²) in [5, 5.41) is 12.3. The van der Waals surface area contributed by atoms with Gasteiger partial charge >= 0.3 is 0 Å². The van der Waals surface area contributed by atoms with Crippen LogP contribution >= 0.6 is 0 Å². The normalized spacial score (nSPS) is 15.2. The largest absolute Gasteiger partial charge is 0.507 e. The molecule has 0 amide bonds. The lowest BCUT2D eigenvalue weighted by Crippen LogP contribution is -2.28. The van der Waals surface area contributed by atoms with Gasteiger partial charge in [0, 0.05) is 24.1 Å². The van der Waals surface area contributed by atoms with E-state index in [1.165, 1.54) is 6.07 Å². The highest BCUT2D eigenvalue weighted by Crippen LogP contribution is 2.40. The maximum atomic E-state index is 13.2. The second-order valence-electron chi connectivity index (χ2n) is 7.51. The second-order valence-corrected chi connectivity index (χ2v) is 7.51. The fourth-order valence-electron chi connectivity index (χ4n) is 3.84. The van der Waals surface area contributed by atoms with Crippen LogP contribution in [-0.2, 0) is 7.05 Å². The summed E-state index contributed by atoms with van der Waals surface area (Å²) in [4.78, 5) is 18.0. The molecule has 4 aromatic rings. The summed E-state index contributed by atoms with van der Waals surface area (Å²) in [5.41, 5.74) is 2.10. The van der Waals surface area contributed by atoms with Crippen molar-refractivity contribution in [3.8, 4) is 11.5 Å². The zero-order chi connectivity index (χ0) is 18.9. The molecule has 134 valence electrons. The number of aryl methyl sites for hydroxylation is 1. The van der Waals surface area contributed by atoms with Crippen molar-refractivity contribution in [2.75, 3.05) is 0 Å². The number of hydrogen-bond acceptors (Lipinski definition) is 4. The van der Waals surface area contributed by atoms with E-state index in [0.717, 1.165) is 16.5 Å². The molecule has 5 nitrogen and oxygen atoms in total. The number of benzene rings is 2. The molecule has 0 aliphatic carbocycles. The molecule has 3 heterocycles. The summed E-state index contributed by atoms with van der Waals surface area (Å²) < 4.78 is 7.87. The molecule has 0 atom stereocenters. The van der Waals surface area contributed by atoms with Crippen molar-refractivity contribution >= 4 is 38.9 Å². The maximum Gasteiger partial charge on any atom is 0.202 e. The number of aromatic nitrogens is 2. The first-order valence-corrected chi connectivity index (χ1v) is 8.82. The Kier molecular flexibility index (Phi) is 3.00. The predicted molar refractivity (Wildman–Crippen MR) is 107 cm³/mol. The van der Waals surface area contributed by atoms with E-state index >= 15 is 0 Å². The predicted octanol–water partition coefficient (Wildman–Crippen LogP) is 4.13. The van der Waals surface area contributed by atoms with Gasteiger partial charge in [-0.15, -0.1) is 0 Å². The van der Waals surface area contributed by atoms with Crippen LogP contribution in [0.2, 0.25) is 0 Å². The Morgan fingerprint density at radius 3 is 2.78 bits per heavy atom. The minimum absolute atomic E-state index is 0.0782. The summed E-state index contributed by atoms with van der Waals surface area (Å²) in [6, 6.07) is 11.1. The zero-order valence-corrected chi connectivity index (χ0v) is 15.3. The topological polar surface area (TPSA) is 64.4 Å². The summed E-state index contributed by atoms with van der Waals surface area (Å²) in [6.45, 7) is 3.89. The van der Waals surface area contributed by atoms with Gasteiger partial charge in [-0.05, 0) is 38.1 Å². The van der Waals surface area contributed by atoms with Crippen molar-refractivity contribution in [3.63, 3.8) is 0 Å². The Morgan fingerprint density at radius 2 is 1.96 bits per heavy atom. The third kappa shape index (κ3) is 2.18. The van der Waals surface area contributed by atoms with Crippen LogP contribution in [0.3, 0.4) is 0 Å². The van der Waals surface area contributed by atoms with Crippen LogP contribution in [0.4, 0.5) is 0 Å². The Morgan fingerprint density at radius 1 is 1.19 bits per heavy atom. The van der Waals surface area contributed by atoms with E-state index in [9.17, 15) is 9.90 Å². The fraction of sp³-hybridized carbons (Fsp3) is 0.182. The van der Waals surface area contributed by atoms with Gasteiger partial charge in [-0.3, -0.25) is 4.79 Å². The van der Waals surface area contributed by atoms with E-state index < -0.39 is 5.60 Å². The van der Waals surface area contributed by atoms with Crippen molar-refractivity contribution in [2.24, 2.45) is 7.05 Å². The van der Waals surface area contributed by atoms with Crippen LogP contribution in [0.15, 0.2) is 47.3 Å². The Bertz CT molecular complexity index is 1360. The number of phenols is 1. The average Bonchev–Trinajstić information content (AvgIpc) is 2.63. The first-order valence-electron chi connectivity index (χ1n) is 8.82. The number of nitrogens with zero attached hydrogens (tertiary/aromatic N) is 2. The number of ether oxygens (including phenoxy) is 1. The quantitative estimate of drug-likeness (QED) is 0.480. The van der Waals surface area contributed by atoms with Crippen LogP contribution in [0.25, 0.3) is 38.9 Å². The van der Waals surface area contributed by atoms with E-state index in [0.29, 0.717) is 22.3 Å². The van der Waals surface area contributed by atoms with E-state index in [-0.39, 0.29) is 16.6 Å². The monoisotopic (exact) mass is 358 g/mol. The number of para-hydroxylation sites is 1. The van der Waals surface area contributed by atoms with Crippen molar-refractivity contribution < 1.29 is 9.84 Å². The van der Waals surface area contributed by atoms with Crippen molar-refractivity contribution in [2.45, 2.75) is 19.4 Å². The summed E-state index contributed by atoms with van der Waals surface area (Å²) in [7, 11) is 1.86. The number of phenolic OH excluding ortho intramolecular Hbond substituents is 1. The molecule has 0 saturated carbocycles. The molecule has 27 heavy (non-hydrogen) atoms. The van der Waals surface area contributed by atoms with Crippen LogP contribution in [0, 0.1) is 0 Å². The standard InChI is InChI=1S/C22H18N2O3/c1-22(2)9-8-13-17(27-22)11-16(25)18-19(13)24(3)21-14(20(18)26)10-12-6-4-5-7-15(12)23-21/h4-11,25H,1-3H3. The molecule has 1 aliphatic heterocycles. The summed E-state index contributed by atoms with van der Waals surface area (Å²) in [6.07, 6.45) is 3.90. The van der Waals surface area contributed by atoms with Gasteiger partial charge in [-0.1, -0.05) is 18.2 Å². The maximum absolute atomic E-state index is 13.2. The van der Waals surface area contributed by atoms with E-state index in [1.54, 1.807) is 0 Å². The molecular formula is C22H18N2O3. The molecule has 1 N–H and O–H groups in total. The Balaban J connectivity index is 2.01. The molecule has 0 spiro atoms. The minimum atomic E-state index is -0.475. The first-order chi connectivity index (χ1) is 12.9. The van der Waals surface area contributed by atoms with Gasteiger partial charge in [0.2, 0.25) is 5.43 Å². The highest BCUT2D eigenvalue weighted by Gasteiger charge is 2.26. The molecule has 5 heteroatoms. The SMILES string of the molecule is Cn1c2nc3ccccc3cc2c(=O)c2c(O)cc3c(c21)C=CC(C)(C)O3. The molecule has 0 unspecified atom stereocenters. The first kappa shape index (κ1) is 15.9. The van der Waals surface area contributed by atoms with Gasteiger partial charge in [0.15, 0.2) is 0 Å². The van der Waals surface area contributed by atoms with Gasteiger partial charge < -0.3 is 14.4 Å². The molecule has 0 radical (unpaired) electrons. The van der Waals surface area contributed by atoms with E-state index in [1.807, 2.05) is 67.9 Å². The lowest BCUT2D eigenvalue weighted by Gasteiger charge is -2.29. The number of pyridine rings is 2. The second kappa shape index (κ2) is 5.10. The Hall–Kier alpha value is -3.34. The van der Waals surface area contributed by atoms with Crippen molar-refractivity contribution in [1.29, 1.82) is 0 Å². The molecule has 0 bridgehead atoms. The molecule has 2 aromatic carbocycles. The average molecular weight is 358 g/mol. The zero-order valence-electron chi connectivity index (χ0n) is 15.3. The smallest absolute Gasteiger partial charge is 0.202 e. The third-order valence-corrected chi connectivity index (χ3v) is 5.13. The third-order valence-electron chi connectivity index (χ3n) is 5.13. The van der Waals surface area contributed by atoms with Crippen LogP contribution in [0.5, 0.6) is 11.5 Å². The van der Waals surface area contributed by atoms with Gasteiger partial charge in [0.05, 0.1) is 21.8 Å². The van der Waals surface area contributed by atoms with Crippen molar-refractivity contribution in [1.82, 2.24) is 9.55 Å². The number of aromatic hydroxyl groups is 1. The highest BCUT2D eigenvalue weighted by atomic mass is 16.5.